The van der Waals surface area contributed by atoms with Gasteiger partial charge in [-0.25, -0.2) is 0 Å². The molecule has 8 heteroatoms. The fourth-order valence-electron chi connectivity index (χ4n) is 4.66. The van der Waals surface area contributed by atoms with Crippen molar-refractivity contribution >= 4 is 17.7 Å². The Labute approximate surface area is 194 Å². The molecule has 33 heavy (non-hydrogen) atoms. The first kappa shape index (κ1) is 23.0. The Bertz CT molecular complexity index is 1030. The number of likely N-dealkylation sites (N-methyl/N-ethyl adjacent to an activating group) is 1. The SMILES string of the molecule is C[C@@H](CNC(=O)c1cc2n(n1)CC(C)(C(=O)NC1CCCCC1)N(C)C2=O)c1ccccc1. The third-order valence-electron chi connectivity index (χ3n) is 7.10. The van der Waals surface area contributed by atoms with Crippen LogP contribution in [0.15, 0.2) is 36.4 Å². The van der Waals surface area contributed by atoms with Crippen LogP contribution in [0.2, 0.25) is 0 Å². The van der Waals surface area contributed by atoms with Crippen LogP contribution in [-0.4, -0.2) is 57.6 Å². The molecule has 1 fully saturated rings. The third kappa shape index (κ3) is 4.65. The second-order valence-corrected chi connectivity index (χ2v) is 9.54. The minimum absolute atomic E-state index is 0.145. The number of benzene rings is 1. The highest BCUT2D eigenvalue weighted by Crippen LogP contribution is 2.27. The van der Waals surface area contributed by atoms with Gasteiger partial charge in [-0.3, -0.25) is 19.1 Å². The normalized spacial score (nSPS) is 21.9. The Morgan fingerprint density at radius 3 is 2.58 bits per heavy atom. The number of hydrogen-bond acceptors (Lipinski definition) is 4. The minimum atomic E-state index is -1.07. The fraction of sp³-hybridized carbons (Fsp3) is 0.520. The van der Waals surface area contributed by atoms with E-state index in [1.54, 1.807) is 14.0 Å². The summed E-state index contributed by atoms with van der Waals surface area (Å²) < 4.78 is 1.50. The Hall–Kier alpha value is -3.16. The lowest BCUT2D eigenvalue weighted by atomic mass is 9.92. The summed E-state index contributed by atoms with van der Waals surface area (Å²) in [5.74, 6) is -0.670. The van der Waals surface area contributed by atoms with Gasteiger partial charge in [0.15, 0.2) is 5.69 Å². The van der Waals surface area contributed by atoms with Gasteiger partial charge in [0.2, 0.25) is 5.91 Å². The summed E-state index contributed by atoms with van der Waals surface area (Å²) in [4.78, 5) is 40.5. The van der Waals surface area contributed by atoms with E-state index in [2.05, 4.69) is 15.7 Å². The van der Waals surface area contributed by atoms with Crippen molar-refractivity contribution in [3.63, 3.8) is 0 Å². The van der Waals surface area contributed by atoms with Gasteiger partial charge in [-0.15, -0.1) is 0 Å². The molecular formula is C25H33N5O3. The lowest BCUT2D eigenvalue weighted by Crippen LogP contribution is -2.63. The van der Waals surface area contributed by atoms with Crippen LogP contribution in [-0.2, 0) is 11.3 Å². The number of aromatic nitrogens is 2. The summed E-state index contributed by atoms with van der Waals surface area (Å²) in [7, 11) is 1.64. The Kier molecular flexibility index (Phi) is 6.54. The summed E-state index contributed by atoms with van der Waals surface area (Å²) in [5.41, 5.74) is 0.576. The van der Waals surface area contributed by atoms with E-state index in [-0.39, 0.29) is 41.9 Å². The van der Waals surface area contributed by atoms with Gasteiger partial charge in [0.1, 0.15) is 11.2 Å². The molecule has 1 aliphatic carbocycles. The van der Waals surface area contributed by atoms with Crippen molar-refractivity contribution < 1.29 is 14.4 Å². The van der Waals surface area contributed by atoms with Crippen molar-refractivity contribution in [3.8, 4) is 0 Å². The molecule has 2 heterocycles. The molecule has 1 aliphatic heterocycles. The number of nitrogens with one attached hydrogen (secondary N) is 2. The molecule has 4 rings (SSSR count). The zero-order chi connectivity index (χ0) is 23.6. The lowest BCUT2D eigenvalue weighted by Gasteiger charge is -2.41. The van der Waals surface area contributed by atoms with Gasteiger partial charge in [-0.1, -0.05) is 56.5 Å². The van der Waals surface area contributed by atoms with Gasteiger partial charge in [0, 0.05) is 25.7 Å². The summed E-state index contributed by atoms with van der Waals surface area (Å²) in [6, 6.07) is 11.6. The van der Waals surface area contributed by atoms with E-state index in [9.17, 15) is 14.4 Å². The van der Waals surface area contributed by atoms with Crippen molar-refractivity contribution in [2.45, 2.75) is 70.0 Å². The molecule has 0 radical (unpaired) electrons. The highest BCUT2D eigenvalue weighted by atomic mass is 16.2. The number of hydrogen-bond donors (Lipinski definition) is 2. The molecule has 1 unspecified atom stereocenters. The standard InChI is InChI=1S/C25H33N5O3/c1-17(18-10-6-4-7-11-18)15-26-22(31)20-14-21-23(32)29(3)25(2,16-30(21)28-20)24(33)27-19-12-8-5-9-13-19/h4,6-7,10-11,14,17,19H,5,8-9,12-13,15-16H2,1-3H3,(H,26,31)(H,27,33)/t17-,25?/m0/s1. The molecule has 2 atom stereocenters. The van der Waals surface area contributed by atoms with Crippen LogP contribution in [0.25, 0.3) is 0 Å². The van der Waals surface area contributed by atoms with Crippen LogP contribution in [0.3, 0.4) is 0 Å². The maximum absolute atomic E-state index is 13.2. The predicted octanol–water partition coefficient (Wildman–Crippen LogP) is 2.71. The highest BCUT2D eigenvalue weighted by molar-refractivity contribution is 6.01. The van der Waals surface area contributed by atoms with Crippen LogP contribution in [0.1, 0.15) is 78.4 Å². The van der Waals surface area contributed by atoms with Crippen LogP contribution < -0.4 is 10.6 Å². The molecule has 176 valence electrons. The first-order valence-corrected chi connectivity index (χ1v) is 11.8. The van der Waals surface area contributed by atoms with Crippen molar-refractivity contribution in [2.24, 2.45) is 0 Å². The first-order valence-electron chi connectivity index (χ1n) is 11.8. The van der Waals surface area contributed by atoms with E-state index in [4.69, 9.17) is 0 Å². The average molecular weight is 452 g/mol. The minimum Gasteiger partial charge on any atom is -0.351 e. The number of rotatable bonds is 6. The largest absolute Gasteiger partial charge is 0.351 e. The monoisotopic (exact) mass is 451 g/mol. The maximum atomic E-state index is 13.2. The van der Waals surface area contributed by atoms with E-state index >= 15 is 0 Å². The van der Waals surface area contributed by atoms with Gasteiger partial charge in [0.25, 0.3) is 11.8 Å². The Morgan fingerprint density at radius 1 is 1.18 bits per heavy atom. The van der Waals surface area contributed by atoms with E-state index in [1.807, 2.05) is 37.3 Å². The van der Waals surface area contributed by atoms with Gasteiger partial charge in [0.05, 0.1) is 6.54 Å². The first-order chi connectivity index (χ1) is 15.8. The van der Waals surface area contributed by atoms with E-state index < -0.39 is 5.54 Å². The topological polar surface area (TPSA) is 96.3 Å². The second-order valence-electron chi connectivity index (χ2n) is 9.54. The third-order valence-corrected chi connectivity index (χ3v) is 7.10. The van der Waals surface area contributed by atoms with Crippen molar-refractivity contribution in [1.82, 2.24) is 25.3 Å². The molecule has 8 nitrogen and oxygen atoms in total. The molecule has 0 saturated heterocycles. The van der Waals surface area contributed by atoms with Crippen molar-refractivity contribution in [1.29, 1.82) is 0 Å². The Morgan fingerprint density at radius 2 is 1.88 bits per heavy atom. The van der Waals surface area contributed by atoms with Gasteiger partial charge in [-0.05, 0) is 31.2 Å². The second kappa shape index (κ2) is 9.37. The zero-order valence-electron chi connectivity index (χ0n) is 19.6. The fourth-order valence-corrected chi connectivity index (χ4v) is 4.66. The molecule has 2 aliphatic rings. The van der Waals surface area contributed by atoms with Gasteiger partial charge < -0.3 is 15.5 Å². The summed E-state index contributed by atoms with van der Waals surface area (Å²) in [6.07, 6.45) is 5.37. The Balaban J connectivity index is 1.45. The van der Waals surface area contributed by atoms with Crippen LogP contribution >= 0.6 is 0 Å². The van der Waals surface area contributed by atoms with Crippen LogP contribution in [0.5, 0.6) is 0 Å². The number of nitrogens with zero attached hydrogens (tertiary/aromatic N) is 3. The smallest absolute Gasteiger partial charge is 0.272 e. The molecule has 1 aromatic carbocycles. The molecule has 2 N–H and O–H groups in total. The van der Waals surface area contributed by atoms with Gasteiger partial charge >= 0.3 is 0 Å². The lowest BCUT2D eigenvalue weighted by molar-refractivity contribution is -0.133. The average Bonchev–Trinajstić information content (AvgIpc) is 3.26. The summed E-state index contributed by atoms with van der Waals surface area (Å²) >= 11 is 0. The van der Waals surface area contributed by atoms with Crippen molar-refractivity contribution in [2.75, 3.05) is 13.6 Å². The van der Waals surface area contributed by atoms with E-state index in [1.165, 1.54) is 22.1 Å². The molecule has 1 saturated carbocycles. The van der Waals surface area contributed by atoms with E-state index in [0.29, 0.717) is 12.2 Å². The molecular weight excluding hydrogens is 418 g/mol. The number of carbonyl (C=O) groups excluding carboxylic acids is 3. The molecule has 3 amide bonds. The van der Waals surface area contributed by atoms with Gasteiger partial charge in [-0.2, -0.15) is 5.10 Å². The highest BCUT2D eigenvalue weighted by Gasteiger charge is 2.46. The van der Waals surface area contributed by atoms with Crippen LogP contribution in [0, 0.1) is 0 Å². The summed E-state index contributed by atoms with van der Waals surface area (Å²) in [6.45, 7) is 4.47. The number of amides is 3. The molecule has 0 spiro atoms. The van der Waals surface area contributed by atoms with Crippen LogP contribution in [0.4, 0.5) is 0 Å². The molecule has 2 aromatic rings. The quantitative estimate of drug-likeness (QED) is 0.706. The van der Waals surface area contributed by atoms with E-state index in [0.717, 1.165) is 31.2 Å². The predicted molar refractivity (Wildman–Crippen MR) is 125 cm³/mol. The number of fused-ring (bicyclic) bond motifs is 1. The molecule has 0 bridgehead atoms. The summed E-state index contributed by atoms with van der Waals surface area (Å²) in [5, 5.41) is 10.4. The maximum Gasteiger partial charge on any atom is 0.272 e. The zero-order valence-corrected chi connectivity index (χ0v) is 19.6. The van der Waals surface area contributed by atoms with Crippen molar-refractivity contribution in [3.05, 3.63) is 53.3 Å². The number of carbonyl (C=O) groups is 3. The molecule has 1 aromatic heterocycles.